The predicted molar refractivity (Wildman–Crippen MR) is 139 cm³/mol. The fraction of sp³-hybridized carbons (Fsp3) is 0.393. The molecule has 204 valence electrons. The summed E-state index contributed by atoms with van der Waals surface area (Å²) in [6, 6.07) is 2.78. The van der Waals surface area contributed by atoms with Gasteiger partial charge in [0, 0.05) is 53.8 Å². The number of aromatic hydroxyl groups is 1. The number of carbonyl (C=O) groups excluding carboxylic acids is 4. The summed E-state index contributed by atoms with van der Waals surface area (Å²) in [5, 5.41) is 19.2. The Morgan fingerprint density at radius 1 is 1.08 bits per heavy atom. The molecule has 4 atom stereocenters. The van der Waals surface area contributed by atoms with Crippen molar-refractivity contribution in [3.05, 3.63) is 51.0 Å². The van der Waals surface area contributed by atoms with Gasteiger partial charge in [0.1, 0.15) is 17.2 Å². The van der Waals surface area contributed by atoms with Gasteiger partial charge in [-0.05, 0) is 41.1 Å². The molecule has 0 aromatic heterocycles. The van der Waals surface area contributed by atoms with Crippen LogP contribution in [0.1, 0.15) is 37.2 Å². The lowest BCUT2D eigenvalue weighted by Gasteiger charge is -2.42. The molecular weight excluding hydrogens is 574 g/mol. The molecule has 1 aliphatic heterocycles. The maximum Gasteiger partial charge on any atom is 0.303 e. The van der Waals surface area contributed by atoms with E-state index in [9.17, 15) is 29.1 Å². The van der Waals surface area contributed by atoms with E-state index in [1.807, 2.05) is 6.08 Å². The lowest BCUT2D eigenvalue weighted by atomic mass is 9.59. The first-order valence-electron chi connectivity index (χ1n) is 12.5. The Morgan fingerprint density at radius 3 is 2.36 bits per heavy atom. The Kier molecular flexibility index (Phi) is 6.96. The highest BCUT2D eigenvalue weighted by Crippen LogP contribution is 2.58. The van der Waals surface area contributed by atoms with Crippen molar-refractivity contribution in [2.75, 3.05) is 20.8 Å². The number of fused-ring (bicyclic) bond motifs is 3. The van der Waals surface area contributed by atoms with Gasteiger partial charge in [0.05, 0.1) is 30.5 Å². The zero-order valence-electron chi connectivity index (χ0n) is 21.2. The number of ether oxygens (including phenoxy) is 2. The molecule has 1 aromatic rings. The van der Waals surface area contributed by atoms with Gasteiger partial charge in [-0.15, -0.1) is 0 Å². The van der Waals surface area contributed by atoms with E-state index in [1.165, 1.54) is 32.4 Å². The number of hydrogen-bond donors (Lipinski definition) is 2. The molecule has 0 spiro atoms. The van der Waals surface area contributed by atoms with Crippen LogP contribution in [0.25, 0.3) is 0 Å². The summed E-state index contributed by atoms with van der Waals surface area (Å²) >= 11 is 3.20. The van der Waals surface area contributed by atoms with Crippen LogP contribution in [-0.2, 0) is 24.0 Å². The third-order valence-electron chi connectivity index (χ3n) is 8.01. The zero-order valence-corrected chi connectivity index (χ0v) is 22.8. The van der Waals surface area contributed by atoms with Gasteiger partial charge in [-0.1, -0.05) is 11.6 Å². The lowest BCUT2D eigenvalue weighted by Crippen LogP contribution is -2.40. The van der Waals surface area contributed by atoms with Crippen molar-refractivity contribution < 1.29 is 43.7 Å². The topological polar surface area (TPSA) is 148 Å². The number of amides is 2. The van der Waals surface area contributed by atoms with Crippen LogP contribution >= 0.6 is 15.9 Å². The number of imide groups is 1. The summed E-state index contributed by atoms with van der Waals surface area (Å²) in [5.41, 5.74) is 1.64. The maximum atomic E-state index is 13.6. The normalized spacial score (nSPS) is 26.1. The number of benzene rings is 1. The highest BCUT2D eigenvalue weighted by molar-refractivity contribution is 9.12. The molecule has 3 aliphatic carbocycles. The summed E-state index contributed by atoms with van der Waals surface area (Å²) < 4.78 is 11.3. The van der Waals surface area contributed by atoms with E-state index >= 15 is 0 Å². The van der Waals surface area contributed by atoms with E-state index in [2.05, 4.69) is 15.9 Å². The minimum atomic E-state index is -1.01. The number of phenolic OH excluding ortho intramolecular Hbond substituents is 1. The van der Waals surface area contributed by atoms with Gasteiger partial charge in [0.25, 0.3) is 0 Å². The van der Waals surface area contributed by atoms with Crippen molar-refractivity contribution in [3.8, 4) is 17.2 Å². The number of phenols is 1. The zero-order chi connectivity index (χ0) is 28.2. The van der Waals surface area contributed by atoms with Crippen molar-refractivity contribution in [2.45, 2.75) is 31.6 Å². The SMILES string of the molecule is COc1cc(O)cc(OC)c1C1C2=CCC3C(=O)N(CCCC(=O)O)C(=O)C3C2CC2=C1C(=O)C=C(Br)C2=O. The molecule has 1 aromatic carbocycles. The van der Waals surface area contributed by atoms with Crippen LogP contribution in [0.15, 0.2) is 45.5 Å². The Hall–Kier alpha value is -3.73. The van der Waals surface area contributed by atoms with Crippen LogP contribution in [0.3, 0.4) is 0 Å². The first-order valence-corrected chi connectivity index (χ1v) is 13.3. The Bertz CT molecular complexity index is 1400. The number of halogens is 1. The Labute approximate surface area is 232 Å². The van der Waals surface area contributed by atoms with E-state index in [1.54, 1.807) is 0 Å². The van der Waals surface area contributed by atoms with Crippen molar-refractivity contribution >= 4 is 45.3 Å². The van der Waals surface area contributed by atoms with Gasteiger partial charge in [0.2, 0.25) is 11.8 Å². The molecule has 0 saturated carbocycles. The van der Waals surface area contributed by atoms with Gasteiger partial charge in [-0.3, -0.25) is 28.9 Å². The number of carboxylic acid groups (broad SMARTS) is 1. The molecule has 39 heavy (non-hydrogen) atoms. The molecule has 2 amide bonds. The minimum Gasteiger partial charge on any atom is -0.508 e. The number of methoxy groups -OCH3 is 2. The molecule has 5 rings (SSSR count). The number of aliphatic carboxylic acids is 1. The number of hydrogen-bond acceptors (Lipinski definition) is 8. The monoisotopic (exact) mass is 599 g/mol. The lowest BCUT2D eigenvalue weighted by molar-refractivity contribution is -0.142. The van der Waals surface area contributed by atoms with Crippen LogP contribution in [0.5, 0.6) is 17.2 Å². The molecule has 2 N–H and O–H groups in total. The third kappa shape index (κ3) is 4.28. The molecule has 4 unspecified atom stereocenters. The van der Waals surface area contributed by atoms with Crippen molar-refractivity contribution in [2.24, 2.45) is 17.8 Å². The molecule has 11 heteroatoms. The summed E-state index contributed by atoms with van der Waals surface area (Å²) in [5.74, 6) is -4.93. The highest BCUT2D eigenvalue weighted by Gasteiger charge is 2.56. The number of likely N-dealkylation sites (tertiary alicyclic amines) is 1. The number of rotatable bonds is 7. The van der Waals surface area contributed by atoms with E-state index in [4.69, 9.17) is 14.6 Å². The molecule has 0 radical (unpaired) electrons. The standard InChI is InChI=1S/C28H26BrNO9/c1-38-19-8-12(31)9-20(39-2)25(19)24-13-5-6-14-22(28(37)30(27(14)36)7-3-4-21(33)34)15(13)10-16-23(24)18(32)11-17(29)26(16)35/h5,8-9,11,14-15,22,24,31H,3-4,6-7,10H2,1-2H3,(H,33,34). The summed E-state index contributed by atoms with van der Waals surface area (Å²) in [6.45, 7) is 0.00169. The van der Waals surface area contributed by atoms with E-state index < -0.39 is 35.5 Å². The molecular formula is C28H26BrNO9. The largest absolute Gasteiger partial charge is 0.508 e. The number of Topliss-reactive ketones (excluding diaryl/α,β-unsaturated/α-hetero) is 1. The number of carbonyl (C=O) groups is 5. The molecule has 1 saturated heterocycles. The number of allylic oxidation sites excluding steroid dienone is 6. The van der Waals surface area contributed by atoms with Crippen LogP contribution in [0.2, 0.25) is 0 Å². The fourth-order valence-electron chi connectivity index (χ4n) is 6.42. The van der Waals surface area contributed by atoms with Gasteiger partial charge in [-0.25, -0.2) is 0 Å². The number of carboxylic acids is 1. The third-order valence-corrected chi connectivity index (χ3v) is 8.60. The minimum absolute atomic E-state index is 0.00169. The van der Waals surface area contributed by atoms with E-state index in [-0.39, 0.29) is 82.6 Å². The average molecular weight is 600 g/mol. The molecule has 4 aliphatic rings. The van der Waals surface area contributed by atoms with Crippen molar-refractivity contribution in [1.29, 1.82) is 0 Å². The van der Waals surface area contributed by atoms with Crippen LogP contribution < -0.4 is 9.47 Å². The quantitative estimate of drug-likeness (QED) is 0.274. The highest BCUT2D eigenvalue weighted by atomic mass is 79.9. The van der Waals surface area contributed by atoms with Gasteiger partial charge < -0.3 is 19.7 Å². The van der Waals surface area contributed by atoms with Gasteiger partial charge in [0.15, 0.2) is 11.6 Å². The number of ketones is 2. The van der Waals surface area contributed by atoms with E-state index in [0.717, 1.165) is 4.90 Å². The molecule has 10 nitrogen and oxygen atoms in total. The number of nitrogens with zero attached hydrogens (tertiary/aromatic N) is 1. The smallest absolute Gasteiger partial charge is 0.303 e. The van der Waals surface area contributed by atoms with Crippen molar-refractivity contribution in [3.63, 3.8) is 0 Å². The summed E-state index contributed by atoms with van der Waals surface area (Å²) in [4.78, 5) is 65.8. The Morgan fingerprint density at radius 2 is 1.74 bits per heavy atom. The second-order valence-electron chi connectivity index (χ2n) is 9.98. The summed E-state index contributed by atoms with van der Waals surface area (Å²) in [6.07, 6.45) is 3.41. The van der Waals surface area contributed by atoms with Gasteiger partial charge >= 0.3 is 5.97 Å². The van der Waals surface area contributed by atoms with E-state index in [0.29, 0.717) is 11.1 Å². The predicted octanol–water partition coefficient (Wildman–Crippen LogP) is 3.04. The molecule has 1 fully saturated rings. The van der Waals surface area contributed by atoms with Gasteiger partial charge in [-0.2, -0.15) is 0 Å². The molecule has 0 bridgehead atoms. The second kappa shape index (κ2) is 10.1. The van der Waals surface area contributed by atoms with Crippen LogP contribution in [0, 0.1) is 17.8 Å². The summed E-state index contributed by atoms with van der Waals surface area (Å²) in [7, 11) is 2.83. The molecule has 1 heterocycles. The maximum absolute atomic E-state index is 13.6. The fourth-order valence-corrected chi connectivity index (χ4v) is 6.87. The van der Waals surface area contributed by atoms with Crippen LogP contribution in [0.4, 0.5) is 0 Å². The Balaban J connectivity index is 1.65. The second-order valence-corrected chi connectivity index (χ2v) is 10.8. The first-order chi connectivity index (χ1) is 18.6. The van der Waals surface area contributed by atoms with Crippen molar-refractivity contribution in [1.82, 2.24) is 4.90 Å². The average Bonchev–Trinajstić information content (AvgIpc) is 3.14. The van der Waals surface area contributed by atoms with Crippen LogP contribution in [-0.4, -0.2) is 65.2 Å². The first kappa shape index (κ1) is 26.9.